The smallest absolute Gasteiger partial charge is 0.252 e. The quantitative estimate of drug-likeness (QED) is 0.545. The molecule has 28 heavy (non-hydrogen) atoms. The van der Waals surface area contributed by atoms with Crippen molar-refractivity contribution in [1.29, 1.82) is 0 Å². The number of methoxy groups -OCH3 is 1. The first kappa shape index (κ1) is 18.1. The van der Waals surface area contributed by atoms with Gasteiger partial charge in [0.25, 0.3) is 5.91 Å². The molecule has 5 nitrogen and oxygen atoms in total. The molecule has 1 unspecified atom stereocenters. The van der Waals surface area contributed by atoms with E-state index in [1.54, 1.807) is 30.8 Å². The van der Waals surface area contributed by atoms with E-state index >= 15 is 0 Å². The summed E-state index contributed by atoms with van der Waals surface area (Å²) >= 11 is 1.59. The van der Waals surface area contributed by atoms with Crippen LogP contribution in [-0.2, 0) is 0 Å². The maximum Gasteiger partial charge on any atom is 0.252 e. The molecule has 0 saturated carbocycles. The molecule has 1 amide bonds. The number of thiazole rings is 1. The Morgan fingerprint density at radius 1 is 1.04 bits per heavy atom. The van der Waals surface area contributed by atoms with Crippen molar-refractivity contribution in [2.24, 2.45) is 0 Å². The van der Waals surface area contributed by atoms with Crippen LogP contribution in [0.25, 0.3) is 10.2 Å². The third-order valence-corrected chi connectivity index (χ3v) is 5.46. The van der Waals surface area contributed by atoms with Crippen molar-refractivity contribution in [3.05, 3.63) is 88.7 Å². The number of carbonyl (C=O) groups excluding carboxylic acids is 1. The highest BCUT2D eigenvalue weighted by Gasteiger charge is 2.18. The van der Waals surface area contributed by atoms with Crippen LogP contribution in [0.15, 0.2) is 67.0 Å². The van der Waals surface area contributed by atoms with Gasteiger partial charge in [-0.1, -0.05) is 12.1 Å². The van der Waals surface area contributed by atoms with Gasteiger partial charge in [-0.05, 0) is 60.5 Å². The Balaban J connectivity index is 1.66. The van der Waals surface area contributed by atoms with Gasteiger partial charge in [-0.2, -0.15) is 0 Å². The number of pyridine rings is 1. The van der Waals surface area contributed by atoms with Gasteiger partial charge in [0.1, 0.15) is 5.75 Å². The molecule has 4 aromatic rings. The molecule has 6 heteroatoms. The number of hydrogen-bond acceptors (Lipinski definition) is 5. The van der Waals surface area contributed by atoms with Crippen LogP contribution in [0.1, 0.15) is 32.5 Å². The Morgan fingerprint density at radius 2 is 1.75 bits per heavy atom. The monoisotopic (exact) mass is 389 g/mol. The van der Waals surface area contributed by atoms with Gasteiger partial charge in [0, 0.05) is 18.0 Å². The van der Waals surface area contributed by atoms with Gasteiger partial charge in [0.15, 0.2) is 0 Å². The molecule has 2 heterocycles. The van der Waals surface area contributed by atoms with E-state index in [2.05, 4.69) is 15.3 Å². The molecule has 4 rings (SSSR count). The molecule has 0 spiro atoms. The number of fused-ring (bicyclic) bond motifs is 1. The summed E-state index contributed by atoms with van der Waals surface area (Å²) < 4.78 is 6.26. The number of hydrogen-bond donors (Lipinski definition) is 1. The molecule has 140 valence electrons. The van der Waals surface area contributed by atoms with Crippen LogP contribution >= 0.6 is 11.3 Å². The van der Waals surface area contributed by atoms with Crippen LogP contribution < -0.4 is 10.1 Å². The van der Waals surface area contributed by atoms with Gasteiger partial charge in [-0.15, -0.1) is 11.3 Å². The van der Waals surface area contributed by atoms with Crippen LogP contribution in [0.3, 0.4) is 0 Å². The second kappa shape index (κ2) is 7.78. The van der Waals surface area contributed by atoms with Crippen molar-refractivity contribution in [3.63, 3.8) is 0 Å². The fourth-order valence-corrected chi connectivity index (χ4v) is 3.97. The molecule has 2 aromatic carbocycles. The number of aryl methyl sites for hydroxylation is 1. The molecule has 0 aliphatic heterocycles. The summed E-state index contributed by atoms with van der Waals surface area (Å²) in [6.07, 6.45) is 3.45. The van der Waals surface area contributed by atoms with Crippen molar-refractivity contribution in [1.82, 2.24) is 15.3 Å². The van der Waals surface area contributed by atoms with E-state index < -0.39 is 0 Å². The summed E-state index contributed by atoms with van der Waals surface area (Å²) in [6, 6.07) is 16.8. The fraction of sp³-hybridized carbons (Fsp3) is 0.136. The first-order valence-electron chi connectivity index (χ1n) is 8.86. The third kappa shape index (κ3) is 3.73. The lowest BCUT2D eigenvalue weighted by Gasteiger charge is -2.20. The molecule has 1 N–H and O–H groups in total. The van der Waals surface area contributed by atoms with E-state index in [9.17, 15) is 4.79 Å². The van der Waals surface area contributed by atoms with Gasteiger partial charge in [0.2, 0.25) is 0 Å². The van der Waals surface area contributed by atoms with Crippen LogP contribution in [0.5, 0.6) is 5.75 Å². The average molecular weight is 389 g/mol. The summed E-state index contributed by atoms with van der Waals surface area (Å²) in [5.74, 6) is 0.639. The molecular formula is C22H19N3O2S. The maximum atomic E-state index is 13.0. The van der Waals surface area contributed by atoms with Gasteiger partial charge >= 0.3 is 0 Å². The number of amides is 1. The number of nitrogens with one attached hydrogen (secondary N) is 1. The Morgan fingerprint density at radius 3 is 2.46 bits per heavy atom. The lowest BCUT2D eigenvalue weighted by Crippen LogP contribution is -2.29. The van der Waals surface area contributed by atoms with Crippen LogP contribution in [0, 0.1) is 6.92 Å². The minimum Gasteiger partial charge on any atom is -0.497 e. The fourth-order valence-electron chi connectivity index (χ4n) is 3.11. The predicted octanol–water partition coefficient (Wildman–Crippen LogP) is 4.53. The molecule has 0 radical (unpaired) electrons. The van der Waals surface area contributed by atoms with Crippen molar-refractivity contribution in [2.75, 3.05) is 7.11 Å². The van der Waals surface area contributed by atoms with Gasteiger partial charge in [-0.3, -0.25) is 9.78 Å². The molecule has 0 aliphatic carbocycles. The minimum absolute atomic E-state index is 0.134. The maximum absolute atomic E-state index is 13.0. The number of nitrogens with zero attached hydrogens (tertiary/aromatic N) is 2. The molecule has 0 bridgehead atoms. The second-order valence-corrected chi connectivity index (χ2v) is 7.61. The zero-order chi connectivity index (χ0) is 19.5. The third-order valence-electron chi connectivity index (χ3n) is 4.52. The topological polar surface area (TPSA) is 64.1 Å². The van der Waals surface area contributed by atoms with E-state index in [0.717, 1.165) is 32.1 Å². The van der Waals surface area contributed by atoms with E-state index in [0.29, 0.717) is 5.56 Å². The number of carbonyl (C=O) groups is 1. The lowest BCUT2D eigenvalue weighted by atomic mass is 9.99. The molecule has 1 atom stereocenters. The Labute approximate surface area is 167 Å². The van der Waals surface area contributed by atoms with Crippen molar-refractivity contribution in [3.8, 4) is 5.75 Å². The van der Waals surface area contributed by atoms with Crippen LogP contribution in [0.2, 0.25) is 0 Å². The van der Waals surface area contributed by atoms with Crippen molar-refractivity contribution < 1.29 is 9.53 Å². The van der Waals surface area contributed by atoms with E-state index in [4.69, 9.17) is 4.74 Å². The zero-order valence-electron chi connectivity index (χ0n) is 15.5. The second-order valence-electron chi connectivity index (χ2n) is 6.38. The van der Waals surface area contributed by atoms with Gasteiger partial charge in [0.05, 0.1) is 28.4 Å². The van der Waals surface area contributed by atoms with E-state index in [1.807, 2.05) is 61.5 Å². The number of ether oxygens (including phenoxy) is 1. The predicted molar refractivity (Wildman–Crippen MR) is 111 cm³/mol. The first-order chi connectivity index (χ1) is 13.6. The summed E-state index contributed by atoms with van der Waals surface area (Å²) in [5, 5.41) is 4.14. The Hall–Kier alpha value is -3.25. The SMILES string of the molecule is COc1ccc(C(NC(=O)c2ccc3nc(C)sc3c2)c2ccncc2)cc1. The van der Waals surface area contributed by atoms with Crippen molar-refractivity contribution >= 4 is 27.5 Å². The van der Waals surface area contributed by atoms with Crippen LogP contribution in [-0.4, -0.2) is 23.0 Å². The Kier molecular flexibility index (Phi) is 5.04. The van der Waals surface area contributed by atoms with Crippen molar-refractivity contribution in [2.45, 2.75) is 13.0 Å². The number of rotatable bonds is 5. The Bertz CT molecular complexity index is 1110. The number of aromatic nitrogens is 2. The zero-order valence-corrected chi connectivity index (χ0v) is 16.4. The highest BCUT2D eigenvalue weighted by atomic mass is 32.1. The van der Waals surface area contributed by atoms with Crippen LogP contribution in [0.4, 0.5) is 0 Å². The van der Waals surface area contributed by atoms with Gasteiger partial charge < -0.3 is 10.1 Å². The van der Waals surface area contributed by atoms with E-state index in [-0.39, 0.29) is 11.9 Å². The molecule has 2 aromatic heterocycles. The minimum atomic E-state index is -0.291. The molecular weight excluding hydrogens is 370 g/mol. The molecule has 0 saturated heterocycles. The summed E-state index contributed by atoms with van der Waals surface area (Å²) in [4.78, 5) is 21.5. The first-order valence-corrected chi connectivity index (χ1v) is 9.67. The largest absolute Gasteiger partial charge is 0.497 e. The normalized spacial score (nSPS) is 11.9. The molecule has 0 aliphatic rings. The summed E-state index contributed by atoms with van der Waals surface area (Å²) in [5.41, 5.74) is 3.46. The standard InChI is InChI=1S/C22H19N3O2S/c1-14-24-19-8-5-17(13-20(19)28-14)22(26)25-21(16-9-11-23-12-10-16)15-3-6-18(27-2)7-4-15/h3-13,21H,1-2H3,(H,25,26). The number of benzene rings is 2. The summed E-state index contributed by atoms with van der Waals surface area (Å²) in [7, 11) is 1.63. The highest BCUT2D eigenvalue weighted by Crippen LogP contribution is 2.26. The summed E-state index contributed by atoms with van der Waals surface area (Å²) in [6.45, 7) is 1.97. The highest BCUT2D eigenvalue weighted by molar-refractivity contribution is 7.18. The van der Waals surface area contributed by atoms with Gasteiger partial charge in [-0.25, -0.2) is 4.98 Å². The lowest BCUT2D eigenvalue weighted by molar-refractivity contribution is 0.0943. The average Bonchev–Trinajstić information content (AvgIpc) is 3.11. The molecule has 0 fully saturated rings. The van der Waals surface area contributed by atoms with E-state index in [1.165, 1.54) is 0 Å².